The summed E-state index contributed by atoms with van der Waals surface area (Å²) < 4.78 is 10.5. The van der Waals surface area contributed by atoms with E-state index in [9.17, 15) is 9.59 Å². The number of amides is 1. The Bertz CT molecular complexity index is 959. The van der Waals surface area contributed by atoms with Gasteiger partial charge in [0.15, 0.2) is 0 Å². The summed E-state index contributed by atoms with van der Waals surface area (Å²) in [4.78, 5) is 24.4. The largest absolute Gasteiger partial charge is 0.496 e. The van der Waals surface area contributed by atoms with Crippen molar-refractivity contribution in [1.82, 2.24) is 5.32 Å². The van der Waals surface area contributed by atoms with Gasteiger partial charge in [-0.1, -0.05) is 35.9 Å². The third-order valence-electron chi connectivity index (χ3n) is 3.76. The molecule has 3 aromatic rings. The molecule has 122 valence electrons. The highest BCUT2D eigenvalue weighted by atomic mass is 16.5. The van der Waals surface area contributed by atoms with E-state index in [-0.39, 0.29) is 12.1 Å². The van der Waals surface area contributed by atoms with Crippen LogP contribution in [0, 0.1) is 6.92 Å². The van der Waals surface area contributed by atoms with Crippen LogP contribution in [0.3, 0.4) is 0 Å². The average molecular weight is 323 g/mol. The summed E-state index contributed by atoms with van der Waals surface area (Å²) in [5, 5.41) is 3.45. The van der Waals surface area contributed by atoms with Crippen LogP contribution in [-0.2, 0) is 6.54 Å². The van der Waals surface area contributed by atoms with E-state index in [1.54, 1.807) is 31.4 Å². The van der Waals surface area contributed by atoms with E-state index in [2.05, 4.69) is 5.32 Å². The number of methoxy groups -OCH3 is 1. The van der Waals surface area contributed by atoms with Crippen LogP contribution in [-0.4, -0.2) is 13.0 Å². The first-order chi connectivity index (χ1) is 11.6. The van der Waals surface area contributed by atoms with E-state index in [1.807, 2.05) is 31.2 Å². The molecule has 0 saturated carbocycles. The normalized spacial score (nSPS) is 10.6. The minimum atomic E-state index is -0.651. The van der Waals surface area contributed by atoms with Gasteiger partial charge >= 0.3 is 5.63 Å². The van der Waals surface area contributed by atoms with Crippen LogP contribution >= 0.6 is 0 Å². The first kappa shape index (κ1) is 15.8. The van der Waals surface area contributed by atoms with E-state index < -0.39 is 11.5 Å². The Morgan fingerprint density at radius 1 is 1.17 bits per heavy atom. The Balaban J connectivity index is 1.84. The van der Waals surface area contributed by atoms with Gasteiger partial charge in [0, 0.05) is 17.5 Å². The van der Waals surface area contributed by atoms with Gasteiger partial charge in [-0.15, -0.1) is 0 Å². The van der Waals surface area contributed by atoms with E-state index >= 15 is 0 Å². The summed E-state index contributed by atoms with van der Waals surface area (Å²) in [6.07, 6.45) is 0. The Kier molecular flexibility index (Phi) is 4.33. The van der Waals surface area contributed by atoms with Crippen LogP contribution in [0.1, 0.15) is 21.5 Å². The molecule has 2 aromatic carbocycles. The molecule has 0 bridgehead atoms. The zero-order chi connectivity index (χ0) is 17.1. The number of para-hydroxylation sites is 1. The molecule has 0 aliphatic carbocycles. The SMILES string of the molecule is COc1ccc(C)cc1CNC(=O)c1cc2ccccc2oc1=O. The van der Waals surface area contributed by atoms with Crippen molar-refractivity contribution >= 4 is 16.9 Å². The highest BCUT2D eigenvalue weighted by molar-refractivity contribution is 5.96. The third kappa shape index (κ3) is 3.15. The summed E-state index contributed by atoms with van der Waals surface area (Å²) in [5.41, 5.74) is 1.70. The van der Waals surface area contributed by atoms with Crippen molar-refractivity contribution in [3.05, 3.63) is 75.6 Å². The van der Waals surface area contributed by atoms with Gasteiger partial charge in [-0.3, -0.25) is 4.79 Å². The van der Waals surface area contributed by atoms with E-state index in [0.717, 1.165) is 11.1 Å². The predicted molar refractivity (Wildman–Crippen MR) is 91.4 cm³/mol. The lowest BCUT2D eigenvalue weighted by atomic mass is 10.1. The van der Waals surface area contributed by atoms with Crippen LogP contribution < -0.4 is 15.7 Å². The second-order valence-electron chi connectivity index (χ2n) is 5.48. The fraction of sp³-hybridized carbons (Fsp3) is 0.158. The first-order valence-electron chi connectivity index (χ1n) is 7.53. The predicted octanol–water partition coefficient (Wildman–Crippen LogP) is 3.04. The minimum Gasteiger partial charge on any atom is -0.496 e. The third-order valence-corrected chi connectivity index (χ3v) is 3.76. The van der Waals surface area contributed by atoms with Crippen LogP contribution in [0.5, 0.6) is 5.75 Å². The van der Waals surface area contributed by atoms with Crippen LogP contribution in [0.2, 0.25) is 0 Å². The lowest BCUT2D eigenvalue weighted by Gasteiger charge is -2.10. The van der Waals surface area contributed by atoms with Gasteiger partial charge in [-0.25, -0.2) is 4.79 Å². The van der Waals surface area contributed by atoms with Crippen molar-refractivity contribution < 1.29 is 13.9 Å². The first-order valence-corrected chi connectivity index (χ1v) is 7.53. The van der Waals surface area contributed by atoms with Gasteiger partial charge in [0.2, 0.25) is 0 Å². The van der Waals surface area contributed by atoms with E-state index in [4.69, 9.17) is 9.15 Å². The Hall–Kier alpha value is -3.08. The molecule has 0 spiro atoms. The van der Waals surface area contributed by atoms with Crippen molar-refractivity contribution in [1.29, 1.82) is 0 Å². The number of hydrogen-bond donors (Lipinski definition) is 1. The standard InChI is InChI=1S/C19H17NO4/c1-12-7-8-16(23-2)14(9-12)11-20-18(21)15-10-13-5-3-4-6-17(13)24-19(15)22/h3-10H,11H2,1-2H3,(H,20,21). The zero-order valence-corrected chi connectivity index (χ0v) is 13.5. The van der Waals surface area contributed by atoms with Crippen LogP contribution in [0.4, 0.5) is 0 Å². The maximum absolute atomic E-state index is 12.4. The second-order valence-corrected chi connectivity index (χ2v) is 5.48. The number of carbonyl (C=O) groups excluding carboxylic acids is 1. The number of fused-ring (bicyclic) bond motifs is 1. The number of ether oxygens (including phenoxy) is 1. The zero-order valence-electron chi connectivity index (χ0n) is 13.5. The summed E-state index contributed by atoms with van der Waals surface area (Å²) in [6.45, 7) is 2.22. The summed E-state index contributed by atoms with van der Waals surface area (Å²) >= 11 is 0. The number of carbonyl (C=O) groups is 1. The van der Waals surface area contributed by atoms with Crippen LogP contribution in [0.15, 0.2) is 57.7 Å². The Morgan fingerprint density at radius 2 is 1.96 bits per heavy atom. The Morgan fingerprint density at radius 3 is 2.75 bits per heavy atom. The molecule has 0 saturated heterocycles. The number of nitrogens with one attached hydrogen (secondary N) is 1. The molecule has 3 rings (SSSR count). The van der Waals surface area contributed by atoms with Crippen molar-refractivity contribution in [2.45, 2.75) is 13.5 Å². The van der Waals surface area contributed by atoms with Gasteiger partial charge in [-0.05, 0) is 25.1 Å². The molecule has 5 nitrogen and oxygen atoms in total. The molecule has 0 atom stereocenters. The molecule has 0 aliphatic heterocycles. The monoisotopic (exact) mass is 323 g/mol. The molecule has 0 fully saturated rings. The van der Waals surface area contributed by atoms with Crippen molar-refractivity contribution in [3.8, 4) is 5.75 Å². The van der Waals surface area contributed by atoms with Crippen molar-refractivity contribution in [3.63, 3.8) is 0 Å². The number of aryl methyl sites for hydroxylation is 1. The lowest BCUT2D eigenvalue weighted by Crippen LogP contribution is -2.28. The molecule has 24 heavy (non-hydrogen) atoms. The molecule has 0 radical (unpaired) electrons. The van der Waals surface area contributed by atoms with E-state index in [0.29, 0.717) is 16.7 Å². The maximum Gasteiger partial charge on any atom is 0.349 e. The van der Waals surface area contributed by atoms with Gasteiger partial charge in [-0.2, -0.15) is 0 Å². The summed E-state index contributed by atoms with van der Waals surface area (Å²) in [5.74, 6) is 0.213. The molecule has 0 aliphatic rings. The summed E-state index contributed by atoms with van der Waals surface area (Å²) in [6, 6.07) is 14.3. The summed E-state index contributed by atoms with van der Waals surface area (Å²) in [7, 11) is 1.58. The molecule has 1 heterocycles. The number of rotatable bonds is 4. The molecule has 0 unspecified atom stereocenters. The fourth-order valence-electron chi connectivity index (χ4n) is 2.54. The fourth-order valence-corrected chi connectivity index (χ4v) is 2.54. The molecule has 1 amide bonds. The van der Waals surface area contributed by atoms with Crippen molar-refractivity contribution in [2.75, 3.05) is 7.11 Å². The Labute approximate surface area is 138 Å². The number of hydrogen-bond acceptors (Lipinski definition) is 4. The molecular formula is C19H17NO4. The molecule has 1 aromatic heterocycles. The quantitative estimate of drug-likeness (QED) is 0.749. The second kappa shape index (κ2) is 6.58. The lowest BCUT2D eigenvalue weighted by molar-refractivity contribution is 0.0947. The van der Waals surface area contributed by atoms with Gasteiger partial charge in [0.25, 0.3) is 5.91 Å². The topological polar surface area (TPSA) is 68.5 Å². The highest BCUT2D eigenvalue weighted by Gasteiger charge is 2.14. The minimum absolute atomic E-state index is 0.0136. The maximum atomic E-state index is 12.4. The molecule has 5 heteroatoms. The molecule has 1 N–H and O–H groups in total. The van der Waals surface area contributed by atoms with Gasteiger partial charge in [0.05, 0.1) is 7.11 Å². The highest BCUT2D eigenvalue weighted by Crippen LogP contribution is 2.19. The van der Waals surface area contributed by atoms with Crippen molar-refractivity contribution in [2.24, 2.45) is 0 Å². The van der Waals surface area contributed by atoms with E-state index in [1.165, 1.54) is 0 Å². The smallest absolute Gasteiger partial charge is 0.349 e. The van der Waals surface area contributed by atoms with Crippen LogP contribution in [0.25, 0.3) is 11.0 Å². The average Bonchev–Trinajstić information content (AvgIpc) is 2.59. The van der Waals surface area contributed by atoms with Gasteiger partial charge in [0.1, 0.15) is 16.9 Å². The number of benzene rings is 2. The molecular weight excluding hydrogens is 306 g/mol. The van der Waals surface area contributed by atoms with Gasteiger partial charge < -0.3 is 14.5 Å².